The second kappa shape index (κ2) is 44.5. The van der Waals surface area contributed by atoms with E-state index in [2.05, 4.69) is 86.8 Å². The molecule has 0 fully saturated rings. The molecular formula is C52H94NO7P. The number of ether oxygens (including phenoxy) is 2. The molecule has 61 heavy (non-hydrogen) atoms. The molecule has 0 saturated heterocycles. The summed E-state index contributed by atoms with van der Waals surface area (Å²) in [6.07, 6.45) is 57.8. The van der Waals surface area contributed by atoms with Crippen LogP contribution in [0, 0.1) is 0 Å². The zero-order valence-corrected chi connectivity index (χ0v) is 41.0. The standard InChI is InChI=1S/C52H94NO7P/c1-6-8-10-12-14-16-18-20-22-24-25-26-27-28-30-32-34-36-38-40-42-44-47-57-49-51(50-59-61(55,56)58-48-46-53(3,4)5)60-52(54)45-43-41-39-37-35-33-31-29-23-21-19-17-15-13-11-9-7-2/h9,11,15,17-18,20-21,23-25,27-28,51H,6-8,10,12-14,16,19,22,26,29-50H2,1-5H3/b11-9-,17-15-,20-18-,23-21-,25-24-,28-27-. The van der Waals surface area contributed by atoms with Gasteiger partial charge in [-0.05, 0) is 83.5 Å². The van der Waals surface area contributed by atoms with Crippen molar-refractivity contribution in [3.8, 4) is 0 Å². The number of allylic oxidation sites excluding steroid dienone is 12. The van der Waals surface area contributed by atoms with Crippen molar-refractivity contribution in [1.29, 1.82) is 0 Å². The lowest BCUT2D eigenvalue weighted by Gasteiger charge is -2.28. The largest absolute Gasteiger partial charge is 0.756 e. The molecule has 0 heterocycles. The molecule has 0 aliphatic carbocycles. The first-order valence-corrected chi connectivity index (χ1v) is 26.1. The molecule has 0 bridgehead atoms. The Morgan fingerprint density at radius 1 is 0.525 bits per heavy atom. The third kappa shape index (κ3) is 48.8. The molecule has 2 atom stereocenters. The minimum absolute atomic E-state index is 0.0183. The molecular weight excluding hydrogens is 782 g/mol. The highest BCUT2D eigenvalue weighted by atomic mass is 31.2. The zero-order chi connectivity index (χ0) is 44.8. The molecule has 0 aliphatic rings. The number of esters is 1. The van der Waals surface area contributed by atoms with Gasteiger partial charge in [0.15, 0.2) is 0 Å². The fourth-order valence-corrected chi connectivity index (χ4v) is 7.18. The van der Waals surface area contributed by atoms with Crippen LogP contribution in [0.5, 0.6) is 0 Å². The number of phosphoric ester groups is 1. The van der Waals surface area contributed by atoms with Crippen LogP contribution in [0.25, 0.3) is 0 Å². The highest BCUT2D eigenvalue weighted by Crippen LogP contribution is 2.38. The van der Waals surface area contributed by atoms with Crippen molar-refractivity contribution in [3.05, 3.63) is 72.9 Å². The highest BCUT2D eigenvalue weighted by molar-refractivity contribution is 7.45. The number of unbranched alkanes of at least 4 members (excludes halogenated alkanes) is 19. The van der Waals surface area contributed by atoms with Gasteiger partial charge in [-0.3, -0.25) is 9.36 Å². The van der Waals surface area contributed by atoms with Crippen LogP contribution in [0.15, 0.2) is 72.9 Å². The van der Waals surface area contributed by atoms with Gasteiger partial charge in [-0.15, -0.1) is 0 Å². The molecule has 0 amide bonds. The number of rotatable bonds is 45. The van der Waals surface area contributed by atoms with Crippen molar-refractivity contribution in [2.45, 2.75) is 200 Å². The van der Waals surface area contributed by atoms with Gasteiger partial charge in [0.1, 0.15) is 19.3 Å². The monoisotopic (exact) mass is 876 g/mol. The predicted octanol–water partition coefficient (Wildman–Crippen LogP) is 14.4. The summed E-state index contributed by atoms with van der Waals surface area (Å²) in [5.74, 6) is -0.350. The maximum absolute atomic E-state index is 12.7. The van der Waals surface area contributed by atoms with E-state index in [0.717, 1.165) is 89.9 Å². The number of hydrogen-bond donors (Lipinski definition) is 0. The zero-order valence-electron chi connectivity index (χ0n) is 40.1. The third-order valence-electron chi connectivity index (χ3n) is 10.2. The number of carbonyl (C=O) groups excluding carboxylic acids is 1. The van der Waals surface area contributed by atoms with Crippen LogP contribution >= 0.6 is 7.82 Å². The van der Waals surface area contributed by atoms with E-state index < -0.39 is 13.9 Å². The molecule has 0 N–H and O–H groups in total. The molecule has 0 spiro atoms. The van der Waals surface area contributed by atoms with Gasteiger partial charge in [-0.25, -0.2) is 0 Å². The molecule has 0 aromatic heterocycles. The first-order chi connectivity index (χ1) is 29.6. The molecule has 0 aromatic rings. The predicted molar refractivity (Wildman–Crippen MR) is 259 cm³/mol. The Bertz CT molecular complexity index is 1200. The molecule has 9 heteroatoms. The van der Waals surface area contributed by atoms with Crippen LogP contribution in [-0.4, -0.2) is 70.7 Å². The Morgan fingerprint density at radius 3 is 1.43 bits per heavy atom. The van der Waals surface area contributed by atoms with Crippen molar-refractivity contribution >= 4 is 13.8 Å². The summed E-state index contributed by atoms with van der Waals surface area (Å²) in [6, 6.07) is 0. The number of quaternary nitrogens is 1. The van der Waals surface area contributed by atoms with Gasteiger partial charge >= 0.3 is 5.97 Å². The second-order valence-electron chi connectivity index (χ2n) is 17.4. The number of phosphoric acid groups is 1. The van der Waals surface area contributed by atoms with Gasteiger partial charge in [0, 0.05) is 13.0 Å². The van der Waals surface area contributed by atoms with Gasteiger partial charge in [0.05, 0.1) is 34.4 Å². The third-order valence-corrected chi connectivity index (χ3v) is 11.2. The van der Waals surface area contributed by atoms with Crippen molar-refractivity contribution < 1.29 is 37.3 Å². The van der Waals surface area contributed by atoms with Crippen LogP contribution in [-0.2, 0) is 27.9 Å². The SMILES string of the molecule is CC/C=C\C/C=C\C/C=C\CCCCCCCCCC(=O)OC(COCCCCCCCCC/C=C\C/C=C\C/C=C\CCCCCCC)COP(=O)([O-])OCC[N+](C)(C)C. The molecule has 0 saturated carbocycles. The van der Waals surface area contributed by atoms with Crippen LogP contribution in [0.2, 0.25) is 0 Å². The summed E-state index contributed by atoms with van der Waals surface area (Å²) in [4.78, 5) is 25.1. The van der Waals surface area contributed by atoms with Crippen molar-refractivity contribution in [2.24, 2.45) is 0 Å². The first-order valence-electron chi connectivity index (χ1n) is 24.7. The van der Waals surface area contributed by atoms with Crippen LogP contribution in [0.4, 0.5) is 0 Å². The maximum atomic E-state index is 12.7. The number of nitrogens with zero attached hydrogens (tertiary/aromatic N) is 1. The summed E-state index contributed by atoms with van der Waals surface area (Å²) >= 11 is 0. The van der Waals surface area contributed by atoms with Gasteiger partial charge in [0.25, 0.3) is 7.82 Å². The highest BCUT2D eigenvalue weighted by Gasteiger charge is 2.20. The Balaban J connectivity index is 4.21. The van der Waals surface area contributed by atoms with E-state index in [-0.39, 0.29) is 25.8 Å². The lowest BCUT2D eigenvalue weighted by atomic mass is 10.1. The Kier molecular flexibility index (Phi) is 43.0. The van der Waals surface area contributed by atoms with E-state index in [4.69, 9.17) is 18.5 Å². The quantitative estimate of drug-likeness (QED) is 0.0198. The van der Waals surface area contributed by atoms with E-state index >= 15 is 0 Å². The summed E-state index contributed by atoms with van der Waals surface area (Å²) in [7, 11) is 1.33. The fraction of sp³-hybridized carbons (Fsp3) is 0.750. The summed E-state index contributed by atoms with van der Waals surface area (Å²) in [5, 5.41) is 0. The summed E-state index contributed by atoms with van der Waals surface area (Å²) in [6.45, 7) is 5.25. The molecule has 0 rings (SSSR count). The van der Waals surface area contributed by atoms with Gasteiger partial charge < -0.3 is 27.9 Å². The van der Waals surface area contributed by atoms with Crippen LogP contribution in [0.1, 0.15) is 194 Å². The average molecular weight is 876 g/mol. The molecule has 8 nitrogen and oxygen atoms in total. The molecule has 0 radical (unpaired) electrons. The Labute approximate surface area is 376 Å². The van der Waals surface area contributed by atoms with Crippen LogP contribution in [0.3, 0.4) is 0 Å². The Hall–Kier alpha value is -2.06. The second-order valence-corrected chi connectivity index (χ2v) is 18.8. The van der Waals surface area contributed by atoms with Crippen molar-refractivity contribution in [2.75, 3.05) is 54.1 Å². The van der Waals surface area contributed by atoms with Gasteiger partial charge in [0.2, 0.25) is 0 Å². The van der Waals surface area contributed by atoms with Crippen molar-refractivity contribution in [1.82, 2.24) is 0 Å². The minimum Gasteiger partial charge on any atom is -0.756 e. The lowest BCUT2D eigenvalue weighted by molar-refractivity contribution is -0.870. The summed E-state index contributed by atoms with van der Waals surface area (Å²) in [5.41, 5.74) is 0. The number of likely N-dealkylation sites (N-methyl/N-ethyl adjacent to an activating group) is 1. The smallest absolute Gasteiger partial charge is 0.306 e. The van der Waals surface area contributed by atoms with Crippen LogP contribution < -0.4 is 4.89 Å². The summed E-state index contributed by atoms with van der Waals surface area (Å²) < 4.78 is 34.7. The normalized spacial score (nSPS) is 14.3. The maximum Gasteiger partial charge on any atom is 0.306 e. The fourth-order valence-electron chi connectivity index (χ4n) is 6.45. The van der Waals surface area contributed by atoms with E-state index in [1.54, 1.807) is 0 Å². The van der Waals surface area contributed by atoms with Gasteiger partial charge in [-0.1, -0.05) is 177 Å². The van der Waals surface area contributed by atoms with E-state index in [9.17, 15) is 14.3 Å². The topological polar surface area (TPSA) is 94.1 Å². The number of hydrogen-bond acceptors (Lipinski definition) is 7. The van der Waals surface area contributed by atoms with E-state index in [0.29, 0.717) is 24.1 Å². The number of carbonyl (C=O) groups is 1. The first kappa shape index (κ1) is 58.9. The average Bonchev–Trinajstić information content (AvgIpc) is 3.22. The Morgan fingerprint density at radius 2 is 0.951 bits per heavy atom. The molecule has 2 unspecified atom stereocenters. The van der Waals surface area contributed by atoms with E-state index in [1.165, 1.54) is 83.5 Å². The molecule has 0 aliphatic heterocycles. The van der Waals surface area contributed by atoms with Crippen molar-refractivity contribution in [3.63, 3.8) is 0 Å². The molecule has 0 aromatic carbocycles. The molecule has 354 valence electrons. The van der Waals surface area contributed by atoms with E-state index in [1.807, 2.05) is 21.1 Å². The minimum atomic E-state index is -4.54. The lowest BCUT2D eigenvalue weighted by Crippen LogP contribution is -2.37. The van der Waals surface area contributed by atoms with Gasteiger partial charge in [-0.2, -0.15) is 0 Å².